The van der Waals surface area contributed by atoms with E-state index in [1.165, 1.54) is 44.3 Å². The molecule has 2 heteroatoms. The lowest BCUT2D eigenvalue weighted by Gasteiger charge is -2.40. The van der Waals surface area contributed by atoms with Crippen molar-refractivity contribution >= 4 is 0 Å². The highest BCUT2D eigenvalue weighted by Gasteiger charge is 2.40. The maximum atomic E-state index is 8.89. The van der Waals surface area contributed by atoms with Crippen molar-refractivity contribution in [3.63, 3.8) is 0 Å². The zero-order chi connectivity index (χ0) is 15.7. The summed E-state index contributed by atoms with van der Waals surface area (Å²) in [4.78, 5) is 2.56. The average Bonchev–Trinajstić information content (AvgIpc) is 2.97. The van der Waals surface area contributed by atoms with Gasteiger partial charge in [0.05, 0.1) is 11.6 Å². The van der Waals surface area contributed by atoms with Crippen LogP contribution in [0, 0.1) is 11.3 Å². The molecule has 0 amide bonds. The standard InChI is InChI=1S/C21H22N2/c22-15-17-5-7-18(8-6-17)16-23-13-11-21(12-14-23)10-9-19-3-1-2-4-20(19)21/h1-8H,9-14,16H2. The van der Waals surface area contributed by atoms with Crippen molar-refractivity contribution in [3.8, 4) is 6.07 Å². The highest BCUT2D eigenvalue weighted by atomic mass is 15.1. The van der Waals surface area contributed by atoms with E-state index in [0.717, 1.165) is 12.1 Å². The van der Waals surface area contributed by atoms with Crippen LogP contribution in [0.1, 0.15) is 41.5 Å². The zero-order valence-electron chi connectivity index (χ0n) is 13.5. The Morgan fingerprint density at radius 3 is 2.43 bits per heavy atom. The van der Waals surface area contributed by atoms with Gasteiger partial charge < -0.3 is 0 Å². The highest BCUT2D eigenvalue weighted by Crippen LogP contribution is 2.46. The first-order valence-electron chi connectivity index (χ1n) is 8.59. The Balaban J connectivity index is 1.43. The van der Waals surface area contributed by atoms with Gasteiger partial charge in [-0.3, -0.25) is 4.90 Å². The van der Waals surface area contributed by atoms with Gasteiger partial charge >= 0.3 is 0 Å². The molecule has 1 heterocycles. The van der Waals surface area contributed by atoms with Gasteiger partial charge in [-0.25, -0.2) is 0 Å². The minimum Gasteiger partial charge on any atom is -0.299 e. The largest absolute Gasteiger partial charge is 0.299 e. The van der Waals surface area contributed by atoms with E-state index in [0.29, 0.717) is 5.41 Å². The fraction of sp³-hybridized carbons (Fsp3) is 0.381. The summed E-state index contributed by atoms with van der Waals surface area (Å²) in [5, 5.41) is 8.89. The Morgan fingerprint density at radius 2 is 1.70 bits per heavy atom. The molecule has 1 fully saturated rings. The molecule has 0 unspecified atom stereocenters. The van der Waals surface area contributed by atoms with Gasteiger partial charge in [0, 0.05) is 6.54 Å². The number of benzene rings is 2. The van der Waals surface area contributed by atoms with Gasteiger partial charge in [0.15, 0.2) is 0 Å². The molecule has 4 rings (SSSR count). The fourth-order valence-electron chi connectivity index (χ4n) is 4.37. The molecule has 1 spiro atoms. The first kappa shape index (κ1) is 14.5. The third-order valence-electron chi connectivity index (χ3n) is 5.76. The molecule has 0 N–H and O–H groups in total. The van der Waals surface area contributed by atoms with E-state index in [2.05, 4.69) is 47.4 Å². The monoisotopic (exact) mass is 302 g/mol. The second-order valence-electron chi connectivity index (χ2n) is 7.02. The molecule has 0 bridgehead atoms. The summed E-state index contributed by atoms with van der Waals surface area (Å²) in [6, 6.07) is 19.3. The molecule has 0 aromatic heterocycles. The topological polar surface area (TPSA) is 27.0 Å². The second kappa shape index (κ2) is 5.83. The number of fused-ring (bicyclic) bond motifs is 2. The number of hydrogen-bond donors (Lipinski definition) is 0. The Bertz CT molecular complexity index is 731. The fourth-order valence-corrected chi connectivity index (χ4v) is 4.37. The number of nitrogens with zero attached hydrogens (tertiary/aromatic N) is 2. The molecule has 116 valence electrons. The molecule has 2 nitrogen and oxygen atoms in total. The number of rotatable bonds is 2. The van der Waals surface area contributed by atoms with Gasteiger partial charge in [0.25, 0.3) is 0 Å². The Labute approximate surface area is 138 Å². The molecule has 1 aliphatic heterocycles. The van der Waals surface area contributed by atoms with Gasteiger partial charge in [0.2, 0.25) is 0 Å². The predicted molar refractivity (Wildman–Crippen MR) is 92.1 cm³/mol. The van der Waals surface area contributed by atoms with Crippen molar-refractivity contribution < 1.29 is 0 Å². The molecular formula is C21H22N2. The third kappa shape index (κ3) is 2.66. The summed E-state index contributed by atoms with van der Waals surface area (Å²) in [5.41, 5.74) is 5.70. The van der Waals surface area contributed by atoms with Crippen molar-refractivity contribution in [3.05, 3.63) is 70.8 Å². The minimum absolute atomic E-state index is 0.442. The Hall–Kier alpha value is -2.11. The lowest BCUT2D eigenvalue weighted by molar-refractivity contribution is 0.152. The Kier molecular flexibility index (Phi) is 3.67. The lowest BCUT2D eigenvalue weighted by atomic mass is 9.74. The normalized spacial score (nSPS) is 19.4. The van der Waals surface area contributed by atoms with Gasteiger partial charge in [-0.2, -0.15) is 5.26 Å². The molecule has 0 radical (unpaired) electrons. The van der Waals surface area contributed by atoms with Crippen LogP contribution in [-0.4, -0.2) is 18.0 Å². The number of nitriles is 1. The maximum absolute atomic E-state index is 8.89. The van der Waals surface area contributed by atoms with E-state index >= 15 is 0 Å². The maximum Gasteiger partial charge on any atom is 0.0991 e. The molecule has 2 aliphatic rings. The number of aryl methyl sites for hydroxylation is 1. The minimum atomic E-state index is 0.442. The van der Waals surface area contributed by atoms with Crippen LogP contribution in [0.4, 0.5) is 0 Å². The van der Waals surface area contributed by atoms with Crippen LogP contribution in [-0.2, 0) is 18.4 Å². The van der Waals surface area contributed by atoms with Crippen molar-refractivity contribution in [2.24, 2.45) is 0 Å². The molecular weight excluding hydrogens is 280 g/mol. The van der Waals surface area contributed by atoms with E-state index in [1.54, 1.807) is 11.1 Å². The van der Waals surface area contributed by atoms with Crippen LogP contribution in [0.2, 0.25) is 0 Å². The van der Waals surface area contributed by atoms with Gasteiger partial charge in [0.1, 0.15) is 0 Å². The SMILES string of the molecule is N#Cc1ccc(CN2CCC3(CCc4ccccc43)CC2)cc1. The van der Waals surface area contributed by atoms with E-state index < -0.39 is 0 Å². The molecule has 2 aromatic carbocycles. The molecule has 2 aromatic rings. The van der Waals surface area contributed by atoms with Crippen LogP contribution in [0.15, 0.2) is 48.5 Å². The number of hydrogen-bond acceptors (Lipinski definition) is 2. The van der Waals surface area contributed by atoms with Crippen LogP contribution in [0.25, 0.3) is 0 Å². The summed E-state index contributed by atoms with van der Waals surface area (Å²) in [6.07, 6.45) is 5.14. The van der Waals surface area contributed by atoms with Crippen LogP contribution in [0.3, 0.4) is 0 Å². The predicted octanol–water partition coefficient (Wildman–Crippen LogP) is 4.04. The van der Waals surface area contributed by atoms with Crippen molar-refractivity contribution in [2.75, 3.05) is 13.1 Å². The summed E-state index contributed by atoms with van der Waals surface area (Å²) in [7, 11) is 0. The molecule has 0 atom stereocenters. The summed E-state index contributed by atoms with van der Waals surface area (Å²) in [5.74, 6) is 0. The smallest absolute Gasteiger partial charge is 0.0991 e. The summed E-state index contributed by atoms with van der Waals surface area (Å²) >= 11 is 0. The number of likely N-dealkylation sites (tertiary alicyclic amines) is 1. The van der Waals surface area contributed by atoms with E-state index in [1.807, 2.05) is 12.1 Å². The first-order valence-corrected chi connectivity index (χ1v) is 8.59. The lowest BCUT2D eigenvalue weighted by Crippen LogP contribution is -2.41. The van der Waals surface area contributed by atoms with Gasteiger partial charge in [-0.15, -0.1) is 0 Å². The number of piperidine rings is 1. The van der Waals surface area contributed by atoms with E-state index in [4.69, 9.17) is 5.26 Å². The van der Waals surface area contributed by atoms with Gasteiger partial charge in [-0.05, 0) is 73.0 Å². The molecule has 23 heavy (non-hydrogen) atoms. The summed E-state index contributed by atoms with van der Waals surface area (Å²) < 4.78 is 0. The van der Waals surface area contributed by atoms with Crippen molar-refractivity contribution in [2.45, 2.75) is 37.6 Å². The zero-order valence-corrected chi connectivity index (χ0v) is 13.5. The first-order chi connectivity index (χ1) is 11.3. The van der Waals surface area contributed by atoms with Crippen LogP contribution < -0.4 is 0 Å². The molecule has 1 saturated heterocycles. The van der Waals surface area contributed by atoms with E-state index in [-0.39, 0.29) is 0 Å². The average molecular weight is 302 g/mol. The second-order valence-corrected chi connectivity index (χ2v) is 7.02. The molecule has 0 saturated carbocycles. The quantitative estimate of drug-likeness (QED) is 0.837. The van der Waals surface area contributed by atoms with Crippen LogP contribution >= 0.6 is 0 Å². The summed E-state index contributed by atoms with van der Waals surface area (Å²) in [6.45, 7) is 3.35. The van der Waals surface area contributed by atoms with Gasteiger partial charge in [-0.1, -0.05) is 36.4 Å². The van der Waals surface area contributed by atoms with Crippen molar-refractivity contribution in [1.82, 2.24) is 4.90 Å². The Morgan fingerprint density at radius 1 is 0.957 bits per heavy atom. The molecule has 1 aliphatic carbocycles. The van der Waals surface area contributed by atoms with E-state index in [9.17, 15) is 0 Å². The van der Waals surface area contributed by atoms with Crippen LogP contribution in [0.5, 0.6) is 0 Å². The highest BCUT2D eigenvalue weighted by molar-refractivity contribution is 5.40. The van der Waals surface area contributed by atoms with Crippen molar-refractivity contribution in [1.29, 1.82) is 5.26 Å². The third-order valence-corrected chi connectivity index (χ3v) is 5.76.